The lowest BCUT2D eigenvalue weighted by molar-refractivity contribution is 0.106. The number of aliphatic hydroxyl groups is 1. The van der Waals surface area contributed by atoms with E-state index in [-0.39, 0.29) is 11.5 Å². The third-order valence-corrected chi connectivity index (χ3v) is 3.72. The van der Waals surface area contributed by atoms with E-state index in [0.29, 0.717) is 18.8 Å². The quantitative estimate of drug-likeness (QED) is 0.704. The summed E-state index contributed by atoms with van der Waals surface area (Å²) in [6.45, 7) is 1.13. The molecule has 2 rings (SSSR count). The van der Waals surface area contributed by atoms with E-state index in [2.05, 4.69) is 26.2 Å². The first-order valence-electron chi connectivity index (χ1n) is 6.07. The number of thiazole rings is 1. The van der Waals surface area contributed by atoms with Gasteiger partial charge < -0.3 is 20.1 Å². The molecule has 0 saturated heterocycles. The second-order valence-corrected chi connectivity index (χ2v) is 5.98. The molecule has 1 aromatic carbocycles. The maximum absolute atomic E-state index is 10.9. The monoisotopic (exact) mass is 358 g/mol. The van der Waals surface area contributed by atoms with E-state index in [1.165, 1.54) is 0 Å². The first kappa shape index (κ1) is 15.2. The smallest absolute Gasteiger partial charge is 0.304 e. The number of rotatable bonds is 7. The number of aromatic amines is 1. The minimum atomic E-state index is -0.612. The molecular formula is C13H15BrN2O3S. The fourth-order valence-corrected chi connectivity index (χ4v) is 2.54. The van der Waals surface area contributed by atoms with Gasteiger partial charge in [0.15, 0.2) is 0 Å². The van der Waals surface area contributed by atoms with Gasteiger partial charge in [0.05, 0.1) is 0 Å². The minimum Gasteiger partial charge on any atom is -0.491 e. The fourth-order valence-electron chi connectivity index (χ4n) is 1.58. The summed E-state index contributed by atoms with van der Waals surface area (Å²) >= 11 is 4.49. The van der Waals surface area contributed by atoms with Crippen molar-refractivity contribution in [2.75, 3.05) is 13.2 Å². The van der Waals surface area contributed by atoms with Crippen molar-refractivity contribution in [1.82, 2.24) is 10.3 Å². The van der Waals surface area contributed by atoms with Crippen molar-refractivity contribution in [3.63, 3.8) is 0 Å². The molecule has 0 saturated carbocycles. The number of hydrogen-bond acceptors (Lipinski definition) is 5. The second-order valence-electron chi connectivity index (χ2n) is 4.23. The lowest BCUT2D eigenvalue weighted by Crippen LogP contribution is -2.31. The van der Waals surface area contributed by atoms with E-state index in [9.17, 15) is 9.90 Å². The summed E-state index contributed by atoms with van der Waals surface area (Å²) in [4.78, 5) is 13.6. The molecule has 0 radical (unpaired) electrons. The van der Waals surface area contributed by atoms with Gasteiger partial charge in [-0.25, -0.2) is 0 Å². The normalized spacial score (nSPS) is 12.3. The Kier molecular flexibility index (Phi) is 5.78. The van der Waals surface area contributed by atoms with Crippen LogP contribution in [0.15, 0.2) is 38.9 Å². The summed E-state index contributed by atoms with van der Waals surface area (Å²) in [6, 6.07) is 7.46. The fraction of sp³-hybridized carbons (Fsp3) is 0.308. The van der Waals surface area contributed by atoms with Crippen LogP contribution in [0.1, 0.15) is 5.69 Å². The number of hydrogen-bond donors (Lipinski definition) is 3. The number of halogens is 1. The molecule has 3 N–H and O–H groups in total. The van der Waals surface area contributed by atoms with Crippen molar-refractivity contribution in [2.45, 2.75) is 12.6 Å². The Balaban J connectivity index is 1.67. The summed E-state index contributed by atoms with van der Waals surface area (Å²) in [5.74, 6) is 0.709. The molecule has 1 aromatic heterocycles. The molecule has 0 aliphatic rings. The van der Waals surface area contributed by atoms with Gasteiger partial charge in [0.1, 0.15) is 18.5 Å². The van der Waals surface area contributed by atoms with Gasteiger partial charge in [-0.05, 0) is 18.2 Å². The van der Waals surface area contributed by atoms with Crippen LogP contribution in [0.4, 0.5) is 0 Å². The molecule has 20 heavy (non-hydrogen) atoms. The predicted molar refractivity (Wildman–Crippen MR) is 82.3 cm³/mol. The highest BCUT2D eigenvalue weighted by Gasteiger charge is 2.05. The number of H-pyrrole nitrogens is 1. The molecule has 1 unspecified atom stereocenters. The molecular weight excluding hydrogens is 344 g/mol. The minimum absolute atomic E-state index is 0.0691. The molecule has 1 atom stereocenters. The molecule has 0 amide bonds. The SMILES string of the molecule is O=c1[nH]c(CNCC(O)COc2cccc(Br)c2)cs1. The van der Waals surface area contributed by atoms with Crippen molar-refractivity contribution in [1.29, 1.82) is 0 Å². The Hall–Kier alpha value is -1.15. The van der Waals surface area contributed by atoms with Crippen LogP contribution in [0.5, 0.6) is 5.75 Å². The number of ether oxygens (including phenoxy) is 1. The van der Waals surface area contributed by atoms with Gasteiger partial charge in [-0.15, -0.1) is 0 Å². The Morgan fingerprint density at radius 1 is 1.50 bits per heavy atom. The van der Waals surface area contributed by atoms with E-state index < -0.39 is 6.10 Å². The Bertz CT molecular complexity index is 599. The van der Waals surface area contributed by atoms with Crippen LogP contribution >= 0.6 is 27.3 Å². The topological polar surface area (TPSA) is 74.4 Å². The first-order valence-corrected chi connectivity index (χ1v) is 7.74. The van der Waals surface area contributed by atoms with Crippen molar-refractivity contribution < 1.29 is 9.84 Å². The number of aromatic nitrogens is 1. The molecule has 2 aromatic rings. The highest BCUT2D eigenvalue weighted by molar-refractivity contribution is 9.10. The van der Waals surface area contributed by atoms with Crippen LogP contribution in [-0.4, -0.2) is 29.3 Å². The molecule has 7 heteroatoms. The summed E-state index contributed by atoms with van der Waals surface area (Å²) in [7, 11) is 0. The number of nitrogens with one attached hydrogen (secondary N) is 2. The molecule has 0 bridgehead atoms. The van der Waals surface area contributed by atoms with E-state index in [4.69, 9.17) is 4.74 Å². The van der Waals surface area contributed by atoms with Gasteiger partial charge >= 0.3 is 4.87 Å². The van der Waals surface area contributed by atoms with Crippen molar-refractivity contribution in [3.05, 3.63) is 49.5 Å². The highest BCUT2D eigenvalue weighted by atomic mass is 79.9. The van der Waals surface area contributed by atoms with E-state index in [1.54, 1.807) is 5.38 Å². The van der Waals surface area contributed by atoms with Crippen molar-refractivity contribution in [2.24, 2.45) is 0 Å². The Morgan fingerprint density at radius 3 is 3.05 bits per heavy atom. The summed E-state index contributed by atoms with van der Waals surface area (Å²) in [5, 5.41) is 14.6. The Labute approximate surface area is 128 Å². The first-order chi connectivity index (χ1) is 9.63. The van der Waals surface area contributed by atoms with Crippen LogP contribution in [-0.2, 0) is 6.54 Å². The largest absolute Gasteiger partial charge is 0.491 e. The van der Waals surface area contributed by atoms with Gasteiger partial charge in [0.2, 0.25) is 0 Å². The number of aliphatic hydroxyl groups excluding tert-OH is 1. The third-order valence-electron chi connectivity index (χ3n) is 2.50. The zero-order valence-corrected chi connectivity index (χ0v) is 13.0. The average molecular weight is 359 g/mol. The van der Waals surface area contributed by atoms with Crippen molar-refractivity contribution >= 4 is 27.3 Å². The van der Waals surface area contributed by atoms with Crippen LogP contribution in [0.3, 0.4) is 0 Å². The summed E-state index contributed by atoms with van der Waals surface area (Å²) in [6.07, 6.45) is -0.612. The average Bonchev–Trinajstić information content (AvgIpc) is 2.82. The molecule has 0 aliphatic carbocycles. The lowest BCUT2D eigenvalue weighted by Gasteiger charge is -2.13. The maximum Gasteiger partial charge on any atom is 0.304 e. The predicted octanol–water partition coefficient (Wildman–Crippen LogP) is 1.73. The zero-order chi connectivity index (χ0) is 14.4. The van der Waals surface area contributed by atoms with Crippen LogP contribution in [0.2, 0.25) is 0 Å². The standard InChI is InChI=1S/C13H15BrN2O3S/c14-9-2-1-3-12(4-9)19-7-11(17)6-15-5-10-8-20-13(18)16-10/h1-4,8,11,15,17H,5-7H2,(H,16,18). The lowest BCUT2D eigenvalue weighted by atomic mass is 10.3. The molecule has 1 heterocycles. The molecule has 108 valence electrons. The maximum atomic E-state index is 10.9. The van der Waals surface area contributed by atoms with Gasteiger partial charge in [-0.3, -0.25) is 4.79 Å². The Morgan fingerprint density at radius 2 is 2.35 bits per heavy atom. The molecule has 5 nitrogen and oxygen atoms in total. The van der Waals surface area contributed by atoms with Gasteiger partial charge in [0, 0.05) is 28.6 Å². The van der Waals surface area contributed by atoms with Crippen molar-refractivity contribution in [3.8, 4) is 5.75 Å². The second kappa shape index (κ2) is 7.58. The summed E-state index contributed by atoms with van der Waals surface area (Å²) < 4.78 is 6.41. The van der Waals surface area contributed by atoms with Gasteiger partial charge in [-0.2, -0.15) is 0 Å². The van der Waals surface area contributed by atoms with Gasteiger partial charge in [-0.1, -0.05) is 33.3 Å². The van der Waals surface area contributed by atoms with Crippen LogP contribution in [0.25, 0.3) is 0 Å². The van der Waals surface area contributed by atoms with Crippen LogP contribution < -0.4 is 14.9 Å². The van der Waals surface area contributed by atoms with E-state index in [0.717, 1.165) is 21.5 Å². The highest BCUT2D eigenvalue weighted by Crippen LogP contribution is 2.17. The molecule has 0 aliphatic heterocycles. The third kappa shape index (κ3) is 5.09. The van der Waals surface area contributed by atoms with E-state index >= 15 is 0 Å². The van der Waals surface area contributed by atoms with Gasteiger partial charge in [0.25, 0.3) is 0 Å². The summed E-state index contributed by atoms with van der Waals surface area (Å²) in [5.41, 5.74) is 0.820. The number of benzene rings is 1. The van der Waals surface area contributed by atoms with E-state index in [1.807, 2.05) is 24.3 Å². The molecule has 0 fully saturated rings. The zero-order valence-electron chi connectivity index (χ0n) is 10.6. The van der Waals surface area contributed by atoms with Crippen LogP contribution in [0, 0.1) is 0 Å². The molecule has 0 spiro atoms.